The molecule has 2 aromatic rings. The average Bonchev–Trinajstić information content (AvgIpc) is 2.27. The van der Waals surface area contributed by atoms with Crippen molar-refractivity contribution in [1.82, 2.24) is 15.0 Å². The molecule has 19 heavy (non-hydrogen) atoms. The summed E-state index contributed by atoms with van der Waals surface area (Å²) in [6.07, 6.45) is 0. The van der Waals surface area contributed by atoms with E-state index in [0.29, 0.717) is 0 Å². The van der Waals surface area contributed by atoms with Gasteiger partial charge in [-0.2, -0.15) is 15.0 Å². The van der Waals surface area contributed by atoms with Crippen LogP contribution in [0.3, 0.4) is 0 Å². The van der Waals surface area contributed by atoms with Crippen LogP contribution in [-0.4, -0.2) is 23.4 Å². The number of benzene rings is 1. The number of halogens is 1. The average molecular weight is 300 g/mol. The number of nitrogen functional groups attached to an aromatic ring is 1. The number of nitrogens with two attached hydrogens (primary N) is 1. The number of sulfonamides is 1. The van der Waals surface area contributed by atoms with Crippen LogP contribution in [0.15, 0.2) is 29.2 Å². The van der Waals surface area contributed by atoms with Crippen LogP contribution in [0.25, 0.3) is 0 Å². The van der Waals surface area contributed by atoms with Gasteiger partial charge in [-0.25, -0.2) is 13.1 Å². The van der Waals surface area contributed by atoms with E-state index in [1.165, 1.54) is 12.1 Å². The number of aromatic nitrogens is 3. The lowest BCUT2D eigenvalue weighted by molar-refractivity contribution is 0.601. The van der Waals surface area contributed by atoms with E-state index < -0.39 is 10.0 Å². The third-order valence-corrected chi connectivity index (χ3v) is 3.70. The molecule has 0 saturated heterocycles. The van der Waals surface area contributed by atoms with Crippen molar-refractivity contribution in [3.05, 3.63) is 35.1 Å². The molecule has 9 heteroatoms. The first kappa shape index (κ1) is 13.5. The second kappa shape index (κ2) is 4.98. The fourth-order valence-corrected chi connectivity index (χ4v) is 2.42. The van der Waals surface area contributed by atoms with Gasteiger partial charge in [0.2, 0.25) is 17.2 Å². The lowest BCUT2D eigenvalue weighted by atomic mass is 10.2. The molecule has 0 fully saturated rings. The molecular formula is C10H10ClN5O2S. The SMILES string of the molecule is Cc1ccc(S(=O)(=O)Nc2nc(N)nc(Cl)n2)cc1. The number of hydrogen-bond donors (Lipinski definition) is 2. The Hall–Kier alpha value is -1.93. The minimum Gasteiger partial charge on any atom is -0.368 e. The Labute approximate surface area is 114 Å². The number of nitrogens with zero attached hydrogens (tertiary/aromatic N) is 3. The van der Waals surface area contributed by atoms with Gasteiger partial charge in [0, 0.05) is 0 Å². The van der Waals surface area contributed by atoms with Crippen LogP contribution < -0.4 is 10.5 Å². The topological polar surface area (TPSA) is 111 Å². The summed E-state index contributed by atoms with van der Waals surface area (Å²) in [5.41, 5.74) is 6.31. The van der Waals surface area contributed by atoms with Crippen molar-refractivity contribution in [2.24, 2.45) is 0 Å². The Morgan fingerprint density at radius 1 is 1.16 bits per heavy atom. The molecule has 0 atom stereocenters. The second-order valence-corrected chi connectivity index (χ2v) is 5.73. The highest BCUT2D eigenvalue weighted by atomic mass is 35.5. The lowest BCUT2D eigenvalue weighted by Crippen LogP contribution is -2.16. The molecule has 1 aromatic heterocycles. The molecule has 0 aliphatic carbocycles. The van der Waals surface area contributed by atoms with Crippen LogP contribution in [0.1, 0.15) is 5.56 Å². The second-order valence-electron chi connectivity index (χ2n) is 3.70. The molecule has 0 bridgehead atoms. The molecule has 3 N–H and O–H groups in total. The first-order valence-electron chi connectivity index (χ1n) is 5.13. The Morgan fingerprint density at radius 2 is 1.79 bits per heavy atom. The smallest absolute Gasteiger partial charge is 0.264 e. The van der Waals surface area contributed by atoms with E-state index in [4.69, 9.17) is 17.3 Å². The van der Waals surface area contributed by atoms with Gasteiger partial charge in [0.15, 0.2) is 0 Å². The summed E-state index contributed by atoms with van der Waals surface area (Å²) in [4.78, 5) is 10.9. The Bertz CT molecular complexity index is 682. The van der Waals surface area contributed by atoms with E-state index in [-0.39, 0.29) is 22.1 Å². The van der Waals surface area contributed by atoms with Gasteiger partial charge in [-0.1, -0.05) is 17.7 Å². The predicted octanol–water partition coefficient (Wildman–Crippen LogP) is 1.22. The largest absolute Gasteiger partial charge is 0.368 e. The summed E-state index contributed by atoms with van der Waals surface area (Å²) in [6, 6.07) is 6.32. The zero-order valence-electron chi connectivity index (χ0n) is 9.83. The number of nitrogens with one attached hydrogen (secondary N) is 1. The maximum atomic E-state index is 12.0. The quantitative estimate of drug-likeness (QED) is 0.881. The number of anilines is 2. The molecule has 100 valence electrons. The monoisotopic (exact) mass is 299 g/mol. The van der Waals surface area contributed by atoms with Crippen LogP contribution in [0, 0.1) is 6.92 Å². The van der Waals surface area contributed by atoms with Crippen molar-refractivity contribution >= 4 is 33.5 Å². The molecular weight excluding hydrogens is 290 g/mol. The summed E-state index contributed by atoms with van der Waals surface area (Å²) < 4.78 is 26.3. The van der Waals surface area contributed by atoms with Gasteiger partial charge in [-0.05, 0) is 30.7 Å². The fourth-order valence-electron chi connectivity index (χ4n) is 1.31. The molecule has 0 spiro atoms. The molecule has 0 radical (unpaired) electrons. The van der Waals surface area contributed by atoms with Gasteiger partial charge in [-0.15, -0.1) is 0 Å². The van der Waals surface area contributed by atoms with Crippen molar-refractivity contribution in [2.75, 3.05) is 10.5 Å². The van der Waals surface area contributed by atoms with Crippen molar-refractivity contribution < 1.29 is 8.42 Å². The first-order valence-corrected chi connectivity index (χ1v) is 6.99. The van der Waals surface area contributed by atoms with Crippen LogP contribution in [0.5, 0.6) is 0 Å². The lowest BCUT2D eigenvalue weighted by Gasteiger charge is -2.07. The fraction of sp³-hybridized carbons (Fsp3) is 0.100. The molecule has 0 aliphatic heterocycles. The molecule has 1 aromatic carbocycles. The molecule has 7 nitrogen and oxygen atoms in total. The molecule has 0 amide bonds. The summed E-state index contributed by atoms with van der Waals surface area (Å²) in [6.45, 7) is 1.86. The van der Waals surface area contributed by atoms with Crippen molar-refractivity contribution in [1.29, 1.82) is 0 Å². The third kappa shape index (κ3) is 3.30. The minimum atomic E-state index is -3.78. The predicted molar refractivity (Wildman–Crippen MR) is 71.2 cm³/mol. The highest BCUT2D eigenvalue weighted by molar-refractivity contribution is 7.92. The van der Waals surface area contributed by atoms with E-state index in [1.807, 2.05) is 6.92 Å². The Balaban J connectivity index is 2.33. The van der Waals surface area contributed by atoms with E-state index >= 15 is 0 Å². The van der Waals surface area contributed by atoms with Crippen molar-refractivity contribution in [3.63, 3.8) is 0 Å². The van der Waals surface area contributed by atoms with Gasteiger partial charge in [0.1, 0.15) is 0 Å². The van der Waals surface area contributed by atoms with Crippen LogP contribution in [0.2, 0.25) is 5.28 Å². The first-order chi connectivity index (χ1) is 8.87. The van der Waals surface area contributed by atoms with Gasteiger partial charge in [0.25, 0.3) is 10.0 Å². The number of hydrogen-bond acceptors (Lipinski definition) is 6. The van der Waals surface area contributed by atoms with E-state index in [9.17, 15) is 8.42 Å². The minimum absolute atomic E-state index is 0.0909. The third-order valence-electron chi connectivity index (χ3n) is 2.18. The van der Waals surface area contributed by atoms with Gasteiger partial charge >= 0.3 is 0 Å². The van der Waals surface area contributed by atoms with Gasteiger partial charge in [-0.3, -0.25) is 0 Å². The van der Waals surface area contributed by atoms with E-state index in [1.54, 1.807) is 12.1 Å². The van der Waals surface area contributed by atoms with Gasteiger partial charge < -0.3 is 5.73 Å². The van der Waals surface area contributed by atoms with Crippen LogP contribution in [-0.2, 0) is 10.0 Å². The maximum Gasteiger partial charge on any atom is 0.264 e. The molecule has 0 saturated carbocycles. The summed E-state index contributed by atoms with van der Waals surface area (Å²) in [5.74, 6) is -0.389. The highest BCUT2D eigenvalue weighted by Gasteiger charge is 2.16. The molecule has 0 unspecified atom stereocenters. The maximum absolute atomic E-state index is 12.0. The number of rotatable bonds is 3. The zero-order valence-corrected chi connectivity index (χ0v) is 11.4. The van der Waals surface area contributed by atoms with Gasteiger partial charge in [0.05, 0.1) is 4.90 Å². The standard InChI is InChI=1S/C10H10ClN5O2S/c1-6-2-4-7(5-3-6)19(17,18)16-10-14-8(11)13-9(12)15-10/h2-5H,1H3,(H3,12,13,14,15,16). The summed E-state index contributed by atoms with van der Waals surface area (Å²) in [5, 5.41) is -0.186. The zero-order chi connectivity index (χ0) is 14.0. The molecule has 2 rings (SSSR count). The Morgan fingerprint density at radius 3 is 2.37 bits per heavy atom. The molecule has 1 heterocycles. The van der Waals surface area contributed by atoms with Crippen LogP contribution in [0.4, 0.5) is 11.9 Å². The number of aryl methyl sites for hydroxylation is 1. The van der Waals surface area contributed by atoms with Crippen molar-refractivity contribution in [3.8, 4) is 0 Å². The summed E-state index contributed by atoms with van der Waals surface area (Å²) >= 11 is 5.57. The molecule has 0 aliphatic rings. The van der Waals surface area contributed by atoms with E-state index in [2.05, 4.69) is 19.7 Å². The van der Waals surface area contributed by atoms with Crippen molar-refractivity contribution in [2.45, 2.75) is 11.8 Å². The van der Waals surface area contributed by atoms with Crippen LogP contribution >= 0.6 is 11.6 Å². The highest BCUT2D eigenvalue weighted by Crippen LogP contribution is 2.15. The summed E-state index contributed by atoms with van der Waals surface area (Å²) in [7, 11) is -3.78. The Kier molecular flexibility index (Phi) is 3.54. The normalized spacial score (nSPS) is 11.3. The van der Waals surface area contributed by atoms with E-state index in [0.717, 1.165) is 5.56 Å².